The monoisotopic (exact) mass is 457 g/mol. The Kier molecular flexibility index (Phi) is 10.3. The number of likely N-dealkylation sites (N-methyl/N-ethyl adjacent to an activating group) is 1. The molecular weight excluding hydrogens is 421 g/mol. The van der Waals surface area contributed by atoms with Gasteiger partial charge in [-0.1, -0.05) is 31.2 Å². The molecule has 0 bridgehead atoms. The van der Waals surface area contributed by atoms with Gasteiger partial charge in [-0.3, -0.25) is 9.89 Å². The van der Waals surface area contributed by atoms with E-state index in [9.17, 15) is 14.3 Å². The molecule has 0 heterocycles. The molecule has 180 valence electrons. The lowest BCUT2D eigenvalue weighted by Gasteiger charge is -2.32. The molecule has 33 heavy (non-hydrogen) atoms. The summed E-state index contributed by atoms with van der Waals surface area (Å²) in [5, 5.41) is 16.3. The van der Waals surface area contributed by atoms with E-state index in [-0.39, 0.29) is 11.9 Å². The van der Waals surface area contributed by atoms with E-state index < -0.39 is 18.2 Å². The fourth-order valence-electron chi connectivity index (χ4n) is 3.58. The van der Waals surface area contributed by atoms with Gasteiger partial charge in [-0.05, 0) is 63.1 Å². The number of nitrogens with two attached hydrogens (primary N) is 1. The van der Waals surface area contributed by atoms with E-state index in [2.05, 4.69) is 27.4 Å². The van der Waals surface area contributed by atoms with Crippen molar-refractivity contribution in [1.29, 1.82) is 0 Å². The maximum Gasteiger partial charge on any atom is 0.319 e. The van der Waals surface area contributed by atoms with Gasteiger partial charge < -0.3 is 21.5 Å². The van der Waals surface area contributed by atoms with Crippen molar-refractivity contribution in [3.8, 4) is 0 Å². The van der Waals surface area contributed by atoms with Gasteiger partial charge in [0.1, 0.15) is 11.7 Å². The van der Waals surface area contributed by atoms with Crippen molar-refractivity contribution in [2.45, 2.75) is 51.8 Å². The zero-order valence-electron chi connectivity index (χ0n) is 19.9. The standard InChI is InChI=1S/C25H36FN5O2/c1-5-31(17(2)9-10-19-11-13-21(26)14-12-19)16-23(32)18(3)29-25(33)30-22-8-6-7-20(15-22)24(27)28-4/h6-8,11-15,17-18,23,32H,5,9-10,16H2,1-4H3,(H2,27,28)(H2,29,30,33)/t17-,18+,23-/m0/s1. The van der Waals surface area contributed by atoms with Gasteiger partial charge in [0.2, 0.25) is 0 Å². The number of aliphatic hydroxyl groups excluding tert-OH is 1. The first-order valence-electron chi connectivity index (χ1n) is 11.3. The lowest BCUT2D eigenvalue weighted by Crippen LogP contribution is -2.49. The van der Waals surface area contributed by atoms with E-state index in [4.69, 9.17) is 5.73 Å². The minimum atomic E-state index is -0.738. The van der Waals surface area contributed by atoms with Crippen LogP contribution in [0, 0.1) is 5.82 Å². The van der Waals surface area contributed by atoms with Crippen molar-refractivity contribution in [2.75, 3.05) is 25.5 Å². The van der Waals surface area contributed by atoms with Gasteiger partial charge in [0.05, 0.1) is 12.1 Å². The highest BCUT2D eigenvalue weighted by molar-refractivity contribution is 5.99. The van der Waals surface area contributed by atoms with Crippen molar-refractivity contribution in [3.05, 3.63) is 65.5 Å². The van der Waals surface area contributed by atoms with Crippen LogP contribution in [0.15, 0.2) is 53.5 Å². The molecule has 0 unspecified atom stereocenters. The van der Waals surface area contributed by atoms with Crippen LogP contribution in [0.3, 0.4) is 0 Å². The number of aliphatic imine (C=N–C) groups is 1. The molecule has 2 aromatic carbocycles. The summed E-state index contributed by atoms with van der Waals surface area (Å²) in [6, 6.07) is 13.0. The van der Waals surface area contributed by atoms with Crippen molar-refractivity contribution in [2.24, 2.45) is 10.7 Å². The van der Waals surface area contributed by atoms with E-state index in [1.54, 1.807) is 44.3 Å². The summed E-state index contributed by atoms with van der Waals surface area (Å²) in [6.45, 7) is 7.14. The van der Waals surface area contributed by atoms with Gasteiger partial charge in [0.15, 0.2) is 0 Å². The van der Waals surface area contributed by atoms with Crippen LogP contribution < -0.4 is 16.4 Å². The predicted molar refractivity (Wildman–Crippen MR) is 132 cm³/mol. The molecule has 0 radical (unpaired) electrons. The van der Waals surface area contributed by atoms with E-state index in [1.165, 1.54) is 12.1 Å². The smallest absolute Gasteiger partial charge is 0.319 e. The highest BCUT2D eigenvalue weighted by Gasteiger charge is 2.22. The maximum atomic E-state index is 13.1. The highest BCUT2D eigenvalue weighted by Crippen LogP contribution is 2.13. The Hall–Kier alpha value is -2.97. The highest BCUT2D eigenvalue weighted by atomic mass is 19.1. The summed E-state index contributed by atoms with van der Waals surface area (Å²) in [4.78, 5) is 18.5. The second-order valence-corrected chi connectivity index (χ2v) is 8.25. The summed E-state index contributed by atoms with van der Waals surface area (Å²) in [6.07, 6.45) is 0.976. The third-order valence-electron chi connectivity index (χ3n) is 5.81. The molecule has 0 aliphatic rings. The molecule has 0 fully saturated rings. The van der Waals surface area contributed by atoms with Crippen LogP contribution in [0.25, 0.3) is 0 Å². The lowest BCUT2D eigenvalue weighted by atomic mass is 10.0. The normalized spacial score (nSPS) is 14.6. The second kappa shape index (κ2) is 12.9. The topological polar surface area (TPSA) is 103 Å². The molecule has 7 nitrogen and oxygen atoms in total. The summed E-state index contributed by atoms with van der Waals surface area (Å²) in [7, 11) is 1.61. The first-order chi connectivity index (χ1) is 15.7. The molecule has 2 rings (SSSR count). The molecule has 0 saturated heterocycles. The van der Waals surface area contributed by atoms with Gasteiger partial charge in [0.25, 0.3) is 0 Å². The van der Waals surface area contributed by atoms with Gasteiger partial charge in [-0.25, -0.2) is 9.18 Å². The SMILES string of the molecule is CCN(C[C@H](O)[C@@H](C)NC(=O)Nc1cccc(C(N)=NC)c1)[C@@H](C)CCc1ccc(F)cc1. The average Bonchev–Trinajstić information content (AvgIpc) is 2.81. The van der Waals surface area contributed by atoms with E-state index in [1.807, 2.05) is 13.0 Å². The zero-order valence-corrected chi connectivity index (χ0v) is 19.9. The summed E-state index contributed by atoms with van der Waals surface area (Å²) >= 11 is 0. The van der Waals surface area contributed by atoms with Crippen LogP contribution in [0.4, 0.5) is 14.9 Å². The van der Waals surface area contributed by atoms with Crippen LogP contribution in [0.5, 0.6) is 0 Å². The molecule has 0 spiro atoms. The number of amidine groups is 1. The van der Waals surface area contributed by atoms with Gasteiger partial charge in [-0.15, -0.1) is 0 Å². The zero-order chi connectivity index (χ0) is 24.4. The van der Waals surface area contributed by atoms with Gasteiger partial charge in [0, 0.05) is 30.9 Å². The number of urea groups is 1. The first-order valence-corrected chi connectivity index (χ1v) is 11.3. The number of aliphatic hydroxyl groups is 1. The number of benzene rings is 2. The molecule has 8 heteroatoms. The van der Waals surface area contributed by atoms with E-state index >= 15 is 0 Å². The fraction of sp³-hybridized carbons (Fsp3) is 0.440. The predicted octanol–water partition coefficient (Wildman–Crippen LogP) is 3.37. The van der Waals surface area contributed by atoms with Crippen LogP contribution in [0.2, 0.25) is 0 Å². The number of carbonyl (C=O) groups is 1. The van der Waals surface area contributed by atoms with Crippen LogP contribution in [0.1, 0.15) is 38.3 Å². The Morgan fingerprint density at radius 3 is 2.55 bits per heavy atom. The van der Waals surface area contributed by atoms with E-state index in [0.29, 0.717) is 18.1 Å². The Morgan fingerprint density at radius 2 is 1.91 bits per heavy atom. The second-order valence-electron chi connectivity index (χ2n) is 8.25. The lowest BCUT2D eigenvalue weighted by molar-refractivity contribution is 0.0715. The summed E-state index contributed by atoms with van der Waals surface area (Å²) < 4.78 is 13.1. The number of nitrogens with one attached hydrogen (secondary N) is 2. The molecule has 5 N–H and O–H groups in total. The Morgan fingerprint density at radius 1 is 1.21 bits per heavy atom. The number of anilines is 1. The molecule has 0 saturated carbocycles. The Labute approximate surface area is 195 Å². The molecular formula is C25H36FN5O2. The minimum absolute atomic E-state index is 0.226. The molecule has 0 aliphatic heterocycles. The summed E-state index contributed by atoms with van der Waals surface area (Å²) in [5.74, 6) is 0.151. The van der Waals surface area contributed by atoms with Crippen LogP contribution in [-0.2, 0) is 6.42 Å². The van der Waals surface area contributed by atoms with Crippen LogP contribution in [-0.4, -0.2) is 60.2 Å². The average molecular weight is 458 g/mol. The summed E-state index contributed by atoms with van der Waals surface area (Å²) in [5.41, 5.74) is 8.22. The molecule has 2 aromatic rings. The van der Waals surface area contributed by atoms with Crippen molar-refractivity contribution in [1.82, 2.24) is 10.2 Å². The van der Waals surface area contributed by atoms with Gasteiger partial charge >= 0.3 is 6.03 Å². The fourth-order valence-corrected chi connectivity index (χ4v) is 3.58. The number of amides is 2. The number of carbonyl (C=O) groups excluding carboxylic acids is 1. The molecule has 2 amide bonds. The largest absolute Gasteiger partial charge is 0.390 e. The third kappa shape index (κ3) is 8.47. The number of hydrogen-bond acceptors (Lipinski definition) is 4. The number of aryl methyl sites for hydroxylation is 1. The first kappa shape index (κ1) is 26.3. The Balaban J connectivity index is 1.85. The maximum absolute atomic E-state index is 13.1. The minimum Gasteiger partial charge on any atom is -0.390 e. The van der Waals surface area contributed by atoms with Gasteiger partial charge in [-0.2, -0.15) is 0 Å². The quantitative estimate of drug-likeness (QED) is 0.307. The molecule has 0 aliphatic carbocycles. The number of halogens is 1. The number of rotatable bonds is 11. The number of nitrogens with zero attached hydrogens (tertiary/aromatic N) is 2. The van der Waals surface area contributed by atoms with E-state index in [0.717, 1.165) is 30.5 Å². The van der Waals surface area contributed by atoms with Crippen molar-refractivity contribution < 1.29 is 14.3 Å². The molecule has 3 atom stereocenters. The molecule has 0 aromatic heterocycles. The van der Waals surface area contributed by atoms with Crippen molar-refractivity contribution in [3.63, 3.8) is 0 Å². The Bertz CT molecular complexity index is 919. The van der Waals surface area contributed by atoms with Crippen molar-refractivity contribution >= 4 is 17.6 Å². The third-order valence-corrected chi connectivity index (χ3v) is 5.81. The van der Waals surface area contributed by atoms with Crippen LogP contribution >= 0.6 is 0 Å². The number of hydrogen-bond donors (Lipinski definition) is 4.